The first-order chi connectivity index (χ1) is 9.69. The van der Waals surface area contributed by atoms with Crippen molar-refractivity contribution in [3.63, 3.8) is 0 Å². The van der Waals surface area contributed by atoms with E-state index in [4.69, 9.17) is 9.84 Å². The zero-order valence-electron chi connectivity index (χ0n) is 13.4. The second-order valence-electron chi connectivity index (χ2n) is 6.82. The van der Waals surface area contributed by atoms with Crippen LogP contribution >= 0.6 is 0 Å². The SMILES string of the molecule is CC(C)CC(CNC(=O)NC1CCOC(C)(C)C1)C(=O)O. The average Bonchev–Trinajstić information content (AvgIpc) is 2.32. The van der Waals surface area contributed by atoms with E-state index in [0.29, 0.717) is 13.0 Å². The van der Waals surface area contributed by atoms with Crippen molar-refractivity contribution >= 4 is 12.0 Å². The summed E-state index contributed by atoms with van der Waals surface area (Å²) in [6.45, 7) is 8.74. The van der Waals surface area contributed by atoms with Gasteiger partial charge in [0, 0.05) is 19.2 Å². The molecular formula is C15H28N2O4. The molecule has 0 spiro atoms. The zero-order valence-corrected chi connectivity index (χ0v) is 13.4. The van der Waals surface area contributed by atoms with Gasteiger partial charge in [-0.3, -0.25) is 4.79 Å². The van der Waals surface area contributed by atoms with Crippen molar-refractivity contribution < 1.29 is 19.4 Å². The van der Waals surface area contributed by atoms with Crippen LogP contribution < -0.4 is 10.6 Å². The molecule has 1 aliphatic heterocycles. The minimum Gasteiger partial charge on any atom is -0.481 e. The number of carboxylic acid groups (broad SMARTS) is 1. The molecule has 2 amide bonds. The molecule has 21 heavy (non-hydrogen) atoms. The van der Waals surface area contributed by atoms with Gasteiger partial charge in [-0.2, -0.15) is 0 Å². The fraction of sp³-hybridized carbons (Fsp3) is 0.867. The summed E-state index contributed by atoms with van der Waals surface area (Å²) in [4.78, 5) is 23.0. The van der Waals surface area contributed by atoms with E-state index in [-0.39, 0.29) is 30.1 Å². The lowest BCUT2D eigenvalue weighted by Crippen LogP contribution is -2.49. The van der Waals surface area contributed by atoms with Crippen molar-refractivity contribution in [1.29, 1.82) is 0 Å². The number of carboxylic acids is 1. The van der Waals surface area contributed by atoms with E-state index in [1.165, 1.54) is 0 Å². The molecule has 0 saturated carbocycles. The highest BCUT2D eigenvalue weighted by molar-refractivity contribution is 5.76. The Kier molecular flexibility index (Phi) is 6.45. The van der Waals surface area contributed by atoms with Gasteiger partial charge in [-0.15, -0.1) is 0 Å². The summed E-state index contributed by atoms with van der Waals surface area (Å²) in [5, 5.41) is 14.7. The summed E-state index contributed by atoms with van der Waals surface area (Å²) in [7, 11) is 0. The molecular weight excluding hydrogens is 272 g/mol. The van der Waals surface area contributed by atoms with Crippen LogP contribution in [0.25, 0.3) is 0 Å². The van der Waals surface area contributed by atoms with Gasteiger partial charge < -0.3 is 20.5 Å². The van der Waals surface area contributed by atoms with Gasteiger partial charge in [0.2, 0.25) is 0 Å². The number of hydrogen-bond donors (Lipinski definition) is 3. The highest BCUT2D eigenvalue weighted by Crippen LogP contribution is 2.23. The third-order valence-electron chi connectivity index (χ3n) is 3.65. The maximum atomic E-state index is 11.9. The molecule has 1 fully saturated rings. The predicted molar refractivity (Wildman–Crippen MR) is 80.2 cm³/mol. The molecule has 3 N–H and O–H groups in total. The van der Waals surface area contributed by atoms with Crippen LogP contribution in [0.4, 0.5) is 4.79 Å². The van der Waals surface area contributed by atoms with Gasteiger partial charge in [0.05, 0.1) is 11.5 Å². The summed E-state index contributed by atoms with van der Waals surface area (Å²) in [6.07, 6.45) is 2.10. The average molecular weight is 300 g/mol. The molecule has 122 valence electrons. The lowest BCUT2D eigenvalue weighted by Gasteiger charge is -2.35. The van der Waals surface area contributed by atoms with E-state index >= 15 is 0 Å². The first-order valence-electron chi connectivity index (χ1n) is 7.61. The quantitative estimate of drug-likeness (QED) is 0.700. The van der Waals surface area contributed by atoms with Gasteiger partial charge in [-0.1, -0.05) is 13.8 Å². The Hall–Kier alpha value is -1.30. The largest absolute Gasteiger partial charge is 0.481 e. The van der Waals surface area contributed by atoms with Crippen LogP contribution in [0.5, 0.6) is 0 Å². The molecule has 1 heterocycles. The van der Waals surface area contributed by atoms with Gasteiger partial charge in [-0.05, 0) is 39.0 Å². The fourth-order valence-corrected chi connectivity index (χ4v) is 2.65. The second-order valence-corrected chi connectivity index (χ2v) is 6.82. The summed E-state index contributed by atoms with van der Waals surface area (Å²) in [6, 6.07) is -0.227. The Morgan fingerprint density at radius 2 is 2.05 bits per heavy atom. The molecule has 6 heteroatoms. The lowest BCUT2D eigenvalue weighted by molar-refractivity contribution is -0.142. The monoisotopic (exact) mass is 300 g/mol. The summed E-state index contributed by atoms with van der Waals surface area (Å²) in [5.74, 6) is -1.12. The molecule has 0 aromatic carbocycles. The highest BCUT2D eigenvalue weighted by Gasteiger charge is 2.29. The number of urea groups is 1. The Morgan fingerprint density at radius 3 is 2.57 bits per heavy atom. The van der Waals surface area contributed by atoms with Crippen LogP contribution in [-0.4, -0.2) is 41.9 Å². The molecule has 2 unspecified atom stereocenters. The molecule has 1 rings (SSSR count). The van der Waals surface area contributed by atoms with E-state index in [0.717, 1.165) is 12.8 Å². The third kappa shape index (κ3) is 6.80. The first kappa shape index (κ1) is 17.8. The van der Waals surface area contributed by atoms with Gasteiger partial charge >= 0.3 is 12.0 Å². The molecule has 0 aromatic heterocycles. The fourth-order valence-electron chi connectivity index (χ4n) is 2.65. The van der Waals surface area contributed by atoms with Crippen molar-refractivity contribution in [2.75, 3.05) is 13.2 Å². The molecule has 2 atom stereocenters. The molecule has 0 bridgehead atoms. The number of carbonyl (C=O) groups is 2. The van der Waals surface area contributed by atoms with Crippen LogP contribution in [0.3, 0.4) is 0 Å². The number of carbonyl (C=O) groups excluding carboxylic acids is 1. The van der Waals surface area contributed by atoms with Crippen molar-refractivity contribution in [3.05, 3.63) is 0 Å². The van der Waals surface area contributed by atoms with E-state index < -0.39 is 11.9 Å². The van der Waals surface area contributed by atoms with E-state index in [9.17, 15) is 9.59 Å². The van der Waals surface area contributed by atoms with Gasteiger partial charge in [-0.25, -0.2) is 4.79 Å². The lowest BCUT2D eigenvalue weighted by atomic mass is 9.94. The van der Waals surface area contributed by atoms with Gasteiger partial charge in [0.25, 0.3) is 0 Å². The summed E-state index contributed by atoms with van der Waals surface area (Å²) >= 11 is 0. The summed E-state index contributed by atoms with van der Waals surface area (Å²) in [5.41, 5.74) is -0.225. The number of ether oxygens (including phenoxy) is 1. The van der Waals surface area contributed by atoms with Crippen molar-refractivity contribution in [2.45, 2.75) is 58.6 Å². The minimum atomic E-state index is -0.865. The van der Waals surface area contributed by atoms with Gasteiger partial charge in [0.15, 0.2) is 0 Å². The zero-order chi connectivity index (χ0) is 16.0. The van der Waals surface area contributed by atoms with Crippen LogP contribution in [0.2, 0.25) is 0 Å². The Balaban J connectivity index is 2.37. The molecule has 1 saturated heterocycles. The molecule has 1 aliphatic rings. The van der Waals surface area contributed by atoms with Crippen molar-refractivity contribution in [1.82, 2.24) is 10.6 Å². The predicted octanol–water partition coefficient (Wildman–Crippen LogP) is 1.99. The van der Waals surface area contributed by atoms with E-state index in [1.54, 1.807) is 0 Å². The number of aliphatic carboxylic acids is 1. The standard InChI is InChI=1S/C15H28N2O4/c1-10(2)7-11(13(18)19)9-16-14(20)17-12-5-6-21-15(3,4)8-12/h10-12H,5-9H2,1-4H3,(H,18,19)(H2,16,17,20). The van der Waals surface area contributed by atoms with Crippen LogP contribution in [-0.2, 0) is 9.53 Å². The van der Waals surface area contributed by atoms with E-state index in [1.807, 2.05) is 27.7 Å². The highest BCUT2D eigenvalue weighted by atomic mass is 16.5. The molecule has 0 aromatic rings. The third-order valence-corrected chi connectivity index (χ3v) is 3.65. The van der Waals surface area contributed by atoms with Crippen molar-refractivity contribution in [2.24, 2.45) is 11.8 Å². The number of nitrogens with one attached hydrogen (secondary N) is 2. The molecule has 0 aliphatic carbocycles. The summed E-state index contributed by atoms with van der Waals surface area (Å²) < 4.78 is 5.60. The van der Waals surface area contributed by atoms with Crippen LogP contribution in [0.1, 0.15) is 47.0 Å². The number of hydrogen-bond acceptors (Lipinski definition) is 3. The van der Waals surface area contributed by atoms with Gasteiger partial charge in [0.1, 0.15) is 0 Å². The normalized spacial score (nSPS) is 22.6. The van der Waals surface area contributed by atoms with Crippen LogP contribution in [0, 0.1) is 11.8 Å². The smallest absolute Gasteiger partial charge is 0.315 e. The number of amides is 2. The van der Waals surface area contributed by atoms with Crippen molar-refractivity contribution in [3.8, 4) is 0 Å². The Bertz CT molecular complexity index is 369. The maximum absolute atomic E-state index is 11.9. The second kappa shape index (κ2) is 7.64. The topological polar surface area (TPSA) is 87.7 Å². The molecule has 0 radical (unpaired) electrons. The maximum Gasteiger partial charge on any atom is 0.315 e. The molecule has 6 nitrogen and oxygen atoms in total. The minimum absolute atomic E-state index is 0.0714. The Morgan fingerprint density at radius 1 is 1.38 bits per heavy atom. The van der Waals surface area contributed by atoms with Crippen LogP contribution in [0.15, 0.2) is 0 Å². The first-order valence-corrected chi connectivity index (χ1v) is 7.61. The Labute approximate surface area is 126 Å². The number of rotatable bonds is 6. The van der Waals surface area contributed by atoms with E-state index in [2.05, 4.69) is 10.6 Å².